The van der Waals surface area contributed by atoms with Gasteiger partial charge in [-0.05, 0) is 48.9 Å². The van der Waals surface area contributed by atoms with Crippen LogP contribution in [0.15, 0.2) is 48.2 Å². The molecule has 0 aromatic heterocycles. The van der Waals surface area contributed by atoms with Crippen molar-refractivity contribution in [3.63, 3.8) is 0 Å². The topological polar surface area (TPSA) is 94.4 Å². The standard InChI is InChI=1S/C18H16ClN3O3/c1-11-7-14(23)4-5-16(11)22-18(24)12(9-20)10-21-13-3-6-17(25-2)15(19)8-13/h3-8,10,21,23H,1-2H3,(H,22,24)/b12-10-. The molecule has 2 aromatic rings. The zero-order chi connectivity index (χ0) is 18.4. The Morgan fingerprint density at radius 3 is 2.68 bits per heavy atom. The van der Waals surface area contributed by atoms with Crippen LogP contribution in [-0.4, -0.2) is 18.1 Å². The van der Waals surface area contributed by atoms with Crippen LogP contribution in [0, 0.1) is 18.3 Å². The van der Waals surface area contributed by atoms with Crippen molar-refractivity contribution >= 4 is 28.9 Å². The van der Waals surface area contributed by atoms with Crippen molar-refractivity contribution in [1.29, 1.82) is 5.26 Å². The maximum absolute atomic E-state index is 12.2. The lowest BCUT2D eigenvalue weighted by Crippen LogP contribution is -2.15. The minimum Gasteiger partial charge on any atom is -0.508 e. The maximum atomic E-state index is 12.2. The van der Waals surface area contributed by atoms with E-state index in [2.05, 4.69) is 10.6 Å². The second kappa shape index (κ2) is 8.08. The summed E-state index contributed by atoms with van der Waals surface area (Å²) in [6.45, 7) is 1.74. The molecule has 1 amide bonds. The molecule has 128 valence electrons. The number of nitrogens with zero attached hydrogens (tertiary/aromatic N) is 1. The summed E-state index contributed by atoms with van der Waals surface area (Å²) in [6.07, 6.45) is 1.29. The monoisotopic (exact) mass is 357 g/mol. The largest absolute Gasteiger partial charge is 0.508 e. The number of nitrogens with one attached hydrogen (secondary N) is 2. The summed E-state index contributed by atoms with van der Waals surface area (Å²) in [7, 11) is 1.51. The molecule has 6 nitrogen and oxygen atoms in total. The minimum atomic E-state index is -0.566. The first kappa shape index (κ1) is 18.2. The zero-order valence-corrected chi connectivity index (χ0v) is 14.4. The maximum Gasteiger partial charge on any atom is 0.267 e. The van der Waals surface area contributed by atoms with E-state index in [1.807, 2.05) is 6.07 Å². The van der Waals surface area contributed by atoms with Gasteiger partial charge in [0, 0.05) is 17.6 Å². The summed E-state index contributed by atoms with van der Waals surface area (Å²) in [5.74, 6) is 0.0604. The first-order chi connectivity index (χ1) is 11.9. The molecule has 0 aliphatic heterocycles. The number of ether oxygens (including phenoxy) is 1. The molecular formula is C18H16ClN3O3. The Morgan fingerprint density at radius 1 is 1.32 bits per heavy atom. The van der Waals surface area contributed by atoms with Crippen LogP contribution in [0.25, 0.3) is 0 Å². The van der Waals surface area contributed by atoms with E-state index in [9.17, 15) is 15.2 Å². The number of hydrogen-bond acceptors (Lipinski definition) is 5. The number of phenols is 1. The highest BCUT2D eigenvalue weighted by molar-refractivity contribution is 6.32. The first-order valence-corrected chi connectivity index (χ1v) is 7.63. The van der Waals surface area contributed by atoms with Crippen LogP contribution in [0.3, 0.4) is 0 Å². The quantitative estimate of drug-likeness (QED) is 0.429. The third-order valence-corrected chi connectivity index (χ3v) is 3.65. The van der Waals surface area contributed by atoms with E-state index < -0.39 is 5.91 Å². The van der Waals surface area contributed by atoms with Gasteiger partial charge in [-0.15, -0.1) is 0 Å². The van der Waals surface area contributed by atoms with Crippen molar-refractivity contribution < 1.29 is 14.6 Å². The van der Waals surface area contributed by atoms with Gasteiger partial charge in [-0.1, -0.05) is 11.6 Å². The van der Waals surface area contributed by atoms with Crippen molar-refractivity contribution in [3.8, 4) is 17.6 Å². The van der Waals surface area contributed by atoms with Gasteiger partial charge >= 0.3 is 0 Å². The lowest BCUT2D eigenvalue weighted by Gasteiger charge is -2.09. The van der Waals surface area contributed by atoms with Crippen LogP contribution in [-0.2, 0) is 4.79 Å². The lowest BCUT2D eigenvalue weighted by molar-refractivity contribution is -0.112. The highest BCUT2D eigenvalue weighted by Crippen LogP contribution is 2.27. The fourth-order valence-electron chi connectivity index (χ4n) is 2.04. The number of hydrogen-bond donors (Lipinski definition) is 3. The minimum absolute atomic E-state index is 0.101. The predicted molar refractivity (Wildman–Crippen MR) is 96.8 cm³/mol. The summed E-state index contributed by atoms with van der Waals surface area (Å²) in [6, 6.07) is 11.4. The molecule has 0 radical (unpaired) electrons. The van der Waals surface area contributed by atoms with Crippen LogP contribution >= 0.6 is 11.6 Å². The van der Waals surface area contributed by atoms with Gasteiger partial charge in [0.05, 0.1) is 12.1 Å². The van der Waals surface area contributed by atoms with Gasteiger partial charge in [0.1, 0.15) is 23.1 Å². The Kier molecular flexibility index (Phi) is 5.88. The molecule has 0 aliphatic carbocycles. The molecule has 0 bridgehead atoms. The number of carbonyl (C=O) groups is 1. The van der Waals surface area contributed by atoms with E-state index in [1.165, 1.54) is 25.4 Å². The lowest BCUT2D eigenvalue weighted by atomic mass is 10.2. The second-order valence-corrected chi connectivity index (χ2v) is 5.52. The van der Waals surface area contributed by atoms with Gasteiger partial charge in [-0.25, -0.2) is 0 Å². The summed E-state index contributed by atoms with van der Waals surface area (Å²) in [5.41, 5.74) is 1.68. The fraction of sp³-hybridized carbons (Fsp3) is 0.111. The second-order valence-electron chi connectivity index (χ2n) is 5.12. The smallest absolute Gasteiger partial charge is 0.267 e. The number of aromatic hydroxyl groups is 1. The Bertz CT molecular complexity index is 872. The number of benzene rings is 2. The van der Waals surface area contributed by atoms with Gasteiger partial charge in [0.2, 0.25) is 0 Å². The Morgan fingerprint density at radius 2 is 2.08 bits per heavy atom. The number of aryl methyl sites for hydroxylation is 1. The molecule has 0 heterocycles. The first-order valence-electron chi connectivity index (χ1n) is 7.26. The molecule has 7 heteroatoms. The molecule has 0 saturated carbocycles. The van der Waals surface area contributed by atoms with Crippen molar-refractivity contribution in [1.82, 2.24) is 0 Å². The number of rotatable bonds is 5. The van der Waals surface area contributed by atoms with E-state index in [1.54, 1.807) is 31.2 Å². The van der Waals surface area contributed by atoms with Crippen molar-refractivity contribution in [2.24, 2.45) is 0 Å². The SMILES string of the molecule is COc1ccc(N/C=C(/C#N)C(=O)Nc2ccc(O)cc2C)cc1Cl. The number of methoxy groups -OCH3 is 1. The van der Waals surface area contributed by atoms with Crippen LogP contribution in [0.4, 0.5) is 11.4 Å². The van der Waals surface area contributed by atoms with E-state index in [0.29, 0.717) is 27.7 Å². The molecule has 25 heavy (non-hydrogen) atoms. The van der Waals surface area contributed by atoms with Gasteiger partial charge in [0.25, 0.3) is 5.91 Å². The van der Waals surface area contributed by atoms with Gasteiger partial charge in [-0.3, -0.25) is 4.79 Å². The average Bonchev–Trinajstić information content (AvgIpc) is 2.58. The summed E-state index contributed by atoms with van der Waals surface area (Å²) < 4.78 is 5.06. The third kappa shape index (κ3) is 4.66. The molecular weight excluding hydrogens is 342 g/mol. The molecule has 2 aromatic carbocycles. The van der Waals surface area contributed by atoms with Gasteiger partial charge < -0.3 is 20.5 Å². The van der Waals surface area contributed by atoms with Crippen molar-refractivity contribution in [2.45, 2.75) is 6.92 Å². The van der Waals surface area contributed by atoms with Gasteiger partial charge in [0.15, 0.2) is 0 Å². The molecule has 0 spiro atoms. The highest BCUT2D eigenvalue weighted by Gasteiger charge is 2.11. The number of nitriles is 1. The Balaban J connectivity index is 2.12. The number of carbonyl (C=O) groups excluding carboxylic acids is 1. The van der Waals surface area contributed by atoms with E-state index in [-0.39, 0.29) is 11.3 Å². The molecule has 0 atom stereocenters. The van der Waals surface area contributed by atoms with E-state index in [4.69, 9.17) is 16.3 Å². The number of halogens is 1. The Labute approximate surface area is 150 Å². The van der Waals surface area contributed by atoms with Crippen molar-refractivity contribution in [2.75, 3.05) is 17.7 Å². The predicted octanol–water partition coefficient (Wildman–Crippen LogP) is 3.82. The number of anilines is 2. The molecule has 2 rings (SSSR count). The molecule has 3 N–H and O–H groups in total. The fourth-order valence-corrected chi connectivity index (χ4v) is 2.30. The van der Waals surface area contributed by atoms with Crippen LogP contribution in [0.2, 0.25) is 5.02 Å². The summed E-state index contributed by atoms with van der Waals surface area (Å²) >= 11 is 6.03. The van der Waals surface area contributed by atoms with Gasteiger partial charge in [-0.2, -0.15) is 5.26 Å². The number of amides is 1. The normalized spacial score (nSPS) is 10.7. The van der Waals surface area contributed by atoms with E-state index >= 15 is 0 Å². The summed E-state index contributed by atoms with van der Waals surface area (Å²) in [5, 5.41) is 24.5. The molecule has 0 fully saturated rings. The number of phenolic OH excluding ortho intramolecular Hbond substituents is 1. The molecule has 0 unspecified atom stereocenters. The average molecular weight is 358 g/mol. The highest BCUT2D eigenvalue weighted by atomic mass is 35.5. The Hall–Kier alpha value is -3.17. The summed E-state index contributed by atoms with van der Waals surface area (Å²) in [4.78, 5) is 12.2. The van der Waals surface area contributed by atoms with Crippen LogP contribution in [0.1, 0.15) is 5.56 Å². The third-order valence-electron chi connectivity index (χ3n) is 3.36. The molecule has 0 saturated heterocycles. The van der Waals surface area contributed by atoms with E-state index in [0.717, 1.165) is 0 Å². The zero-order valence-electron chi connectivity index (χ0n) is 13.6. The van der Waals surface area contributed by atoms with Crippen LogP contribution in [0.5, 0.6) is 11.5 Å². The van der Waals surface area contributed by atoms with Crippen molar-refractivity contribution in [3.05, 3.63) is 58.8 Å². The van der Waals surface area contributed by atoms with Crippen LogP contribution < -0.4 is 15.4 Å². The molecule has 0 aliphatic rings.